The largest absolute Gasteiger partial charge is 0.468 e. The maximum Gasteiger partial charge on any atom is 0.327 e. The van der Waals surface area contributed by atoms with Crippen LogP contribution >= 0.6 is 11.6 Å². The van der Waals surface area contributed by atoms with Crippen molar-refractivity contribution in [3.05, 3.63) is 21.6 Å². The van der Waals surface area contributed by atoms with Crippen molar-refractivity contribution in [3.63, 3.8) is 0 Å². The van der Waals surface area contributed by atoms with Gasteiger partial charge in [0.25, 0.3) is 5.56 Å². The zero-order chi connectivity index (χ0) is 15.4. The second-order valence-electron chi connectivity index (χ2n) is 5.06. The Morgan fingerprint density at radius 2 is 2.43 bits per heavy atom. The summed E-state index contributed by atoms with van der Waals surface area (Å²) in [4.78, 5) is 25.2. The van der Waals surface area contributed by atoms with Crippen molar-refractivity contribution in [1.29, 1.82) is 0 Å². The first-order valence-corrected chi connectivity index (χ1v) is 7.17. The van der Waals surface area contributed by atoms with Gasteiger partial charge < -0.3 is 15.0 Å². The fraction of sp³-hybridized carbons (Fsp3) is 0.615. The number of aromatic nitrogens is 2. The Morgan fingerprint density at radius 3 is 3.05 bits per heavy atom. The van der Waals surface area contributed by atoms with E-state index in [1.807, 2.05) is 11.9 Å². The Labute approximate surface area is 127 Å². The van der Waals surface area contributed by atoms with Gasteiger partial charge in [-0.3, -0.25) is 9.59 Å². The number of halogens is 1. The standard InChI is InChI=1S/C13H19ClN4O3/c1-17(7-9-4-3-5-15-9)10-6-16-18(8-11(19)21-2)13(20)12(10)14/h6,9,15H,3-5,7-8H2,1-2H3. The van der Waals surface area contributed by atoms with Crippen LogP contribution in [0.15, 0.2) is 11.0 Å². The summed E-state index contributed by atoms with van der Waals surface area (Å²) in [7, 11) is 3.12. The number of methoxy groups -OCH3 is 1. The van der Waals surface area contributed by atoms with E-state index in [2.05, 4.69) is 15.2 Å². The van der Waals surface area contributed by atoms with Crippen LogP contribution in [0.25, 0.3) is 0 Å². The van der Waals surface area contributed by atoms with Crippen molar-refractivity contribution < 1.29 is 9.53 Å². The van der Waals surface area contributed by atoms with Crippen LogP contribution in [-0.4, -0.2) is 49.0 Å². The molecule has 1 saturated heterocycles. The Bertz CT molecular complexity index is 569. The maximum atomic E-state index is 12.1. The maximum absolute atomic E-state index is 12.1. The van der Waals surface area contributed by atoms with E-state index in [1.54, 1.807) is 0 Å². The molecular formula is C13H19ClN4O3. The number of likely N-dealkylation sites (N-methyl/N-ethyl adjacent to an activating group) is 1. The minimum atomic E-state index is -0.545. The van der Waals surface area contributed by atoms with Gasteiger partial charge in [0, 0.05) is 19.6 Å². The highest BCUT2D eigenvalue weighted by Gasteiger charge is 2.19. The summed E-state index contributed by atoms with van der Waals surface area (Å²) in [6.07, 6.45) is 3.77. The second kappa shape index (κ2) is 6.91. The monoisotopic (exact) mass is 314 g/mol. The molecule has 0 saturated carbocycles. The molecule has 2 heterocycles. The van der Waals surface area contributed by atoms with Gasteiger partial charge in [0.05, 0.1) is 19.0 Å². The summed E-state index contributed by atoms with van der Waals surface area (Å²) in [5.74, 6) is -0.545. The lowest BCUT2D eigenvalue weighted by Gasteiger charge is -2.23. The van der Waals surface area contributed by atoms with E-state index < -0.39 is 11.5 Å². The Hall–Kier alpha value is -1.60. The number of hydrogen-bond acceptors (Lipinski definition) is 6. The molecule has 1 aromatic rings. The van der Waals surface area contributed by atoms with Crippen LogP contribution in [0.5, 0.6) is 0 Å². The fourth-order valence-corrected chi connectivity index (χ4v) is 2.65. The third-order valence-electron chi connectivity index (χ3n) is 3.54. The van der Waals surface area contributed by atoms with E-state index in [1.165, 1.54) is 13.3 Å². The van der Waals surface area contributed by atoms with Gasteiger partial charge in [-0.25, -0.2) is 4.68 Å². The van der Waals surface area contributed by atoms with Crippen molar-refractivity contribution in [2.24, 2.45) is 0 Å². The molecule has 2 rings (SSSR count). The minimum Gasteiger partial charge on any atom is -0.468 e. The number of anilines is 1. The third kappa shape index (κ3) is 3.74. The zero-order valence-corrected chi connectivity index (χ0v) is 12.9. The van der Waals surface area contributed by atoms with Crippen molar-refractivity contribution in [1.82, 2.24) is 15.1 Å². The molecule has 0 bridgehead atoms. The number of carbonyl (C=O) groups excluding carboxylic acids is 1. The van der Waals surface area contributed by atoms with E-state index in [0.29, 0.717) is 11.7 Å². The van der Waals surface area contributed by atoms with Crippen molar-refractivity contribution in [2.45, 2.75) is 25.4 Å². The van der Waals surface area contributed by atoms with Crippen molar-refractivity contribution >= 4 is 23.3 Å². The summed E-state index contributed by atoms with van der Waals surface area (Å²) >= 11 is 6.12. The molecule has 0 spiro atoms. The van der Waals surface area contributed by atoms with Crippen LogP contribution in [0.2, 0.25) is 5.02 Å². The lowest BCUT2D eigenvalue weighted by molar-refractivity contribution is -0.141. The van der Waals surface area contributed by atoms with Gasteiger partial charge >= 0.3 is 5.97 Å². The first kappa shape index (κ1) is 15.8. The molecule has 21 heavy (non-hydrogen) atoms. The van der Waals surface area contributed by atoms with Gasteiger partial charge in [-0.1, -0.05) is 11.6 Å². The SMILES string of the molecule is COC(=O)Cn1ncc(N(C)CC2CCCN2)c(Cl)c1=O. The lowest BCUT2D eigenvalue weighted by Crippen LogP contribution is -2.37. The first-order valence-electron chi connectivity index (χ1n) is 6.80. The molecule has 0 aromatic carbocycles. The number of rotatable bonds is 5. The summed E-state index contributed by atoms with van der Waals surface area (Å²) < 4.78 is 5.51. The minimum absolute atomic E-state index is 0.0643. The van der Waals surface area contributed by atoms with Gasteiger partial charge in [0.2, 0.25) is 0 Å². The molecule has 1 fully saturated rings. The highest BCUT2D eigenvalue weighted by molar-refractivity contribution is 6.33. The van der Waals surface area contributed by atoms with E-state index in [9.17, 15) is 9.59 Å². The Kier molecular flexibility index (Phi) is 5.19. The van der Waals surface area contributed by atoms with Gasteiger partial charge in [-0.05, 0) is 19.4 Å². The summed E-state index contributed by atoms with van der Waals surface area (Å²) in [5.41, 5.74) is 0.0716. The summed E-state index contributed by atoms with van der Waals surface area (Å²) in [6.45, 7) is 1.52. The number of nitrogens with zero attached hydrogens (tertiary/aromatic N) is 3. The number of hydrogen-bond donors (Lipinski definition) is 1. The summed E-state index contributed by atoms with van der Waals surface area (Å²) in [5, 5.41) is 7.43. The van der Waals surface area contributed by atoms with Crippen LogP contribution in [-0.2, 0) is 16.1 Å². The molecule has 1 atom stereocenters. The zero-order valence-electron chi connectivity index (χ0n) is 12.1. The molecule has 1 aliphatic rings. The van der Waals surface area contributed by atoms with Crippen LogP contribution in [0, 0.1) is 0 Å². The lowest BCUT2D eigenvalue weighted by atomic mass is 10.2. The molecule has 116 valence electrons. The van der Waals surface area contributed by atoms with Crippen molar-refractivity contribution in [3.8, 4) is 0 Å². The highest BCUT2D eigenvalue weighted by Crippen LogP contribution is 2.20. The van der Waals surface area contributed by atoms with Gasteiger partial charge in [-0.15, -0.1) is 0 Å². The molecule has 1 N–H and O–H groups in total. The molecule has 0 aliphatic carbocycles. The van der Waals surface area contributed by atoms with Gasteiger partial charge in [0.1, 0.15) is 11.6 Å². The fourth-order valence-electron chi connectivity index (χ4n) is 2.36. The average Bonchev–Trinajstić information content (AvgIpc) is 2.96. The smallest absolute Gasteiger partial charge is 0.327 e. The number of esters is 1. The highest BCUT2D eigenvalue weighted by atomic mass is 35.5. The molecule has 8 heteroatoms. The molecule has 0 amide bonds. The van der Waals surface area contributed by atoms with Gasteiger partial charge in [-0.2, -0.15) is 5.10 Å². The van der Waals surface area contributed by atoms with Crippen LogP contribution in [0.1, 0.15) is 12.8 Å². The Balaban J connectivity index is 2.15. The number of carbonyl (C=O) groups is 1. The molecule has 0 radical (unpaired) electrons. The van der Waals surface area contributed by atoms with Crippen molar-refractivity contribution in [2.75, 3.05) is 32.1 Å². The van der Waals surface area contributed by atoms with E-state index in [0.717, 1.165) is 30.6 Å². The van der Waals surface area contributed by atoms with Crippen LogP contribution in [0.3, 0.4) is 0 Å². The quantitative estimate of drug-likeness (QED) is 0.786. The van der Waals surface area contributed by atoms with E-state index in [4.69, 9.17) is 11.6 Å². The topological polar surface area (TPSA) is 76.5 Å². The normalized spacial score (nSPS) is 17.8. The number of nitrogens with one attached hydrogen (secondary N) is 1. The van der Waals surface area contributed by atoms with Crippen LogP contribution in [0.4, 0.5) is 5.69 Å². The number of ether oxygens (including phenoxy) is 1. The first-order chi connectivity index (χ1) is 10.0. The Morgan fingerprint density at radius 1 is 1.67 bits per heavy atom. The summed E-state index contributed by atoms with van der Waals surface area (Å²) in [6, 6.07) is 0.392. The molecular weight excluding hydrogens is 296 g/mol. The third-order valence-corrected chi connectivity index (χ3v) is 3.90. The molecule has 1 aliphatic heterocycles. The van der Waals surface area contributed by atoms with Gasteiger partial charge in [0.15, 0.2) is 0 Å². The molecule has 1 aromatic heterocycles. The predicted octanol–water partition coefficient (Wildman–Crippen LogP) is 0.258. The van der Waals surface area contributed by atoms with E-state index in [-0.39, 0.29) is 11.6 Å². The van der Waals surface area contributed by atoms with Crippen LogP contribution < -0.4 is 15.8 Å². The predicted molar refractivity (Wildman–Crippen MR) is 79.8 cm³/mol. The second-order valence-corrected chi connectivity index (χ2v) is 5.43. The average molecular weight is 315 g/mol. The molecule has 1 unspecified atom stereocenters. The molecule has 7 nitrogen and oxygen atoms in total. The van der Waals surface area contributed by atoms with E-state index >= 15 is 0 Å².